The zero-order chi connectivity index (χ0) is 12.1. The minimum atomic E-state index is -0.517. The highest BCUT2D eigenvalue weighted by Crippen LogP contribution is 2.25. The average molecular weight is 370 g/mol. The van der Waals surface area contributed by atoms with Gasteiger partial charge >= 0.3 is 5.97 Å². The van der Waals surface area contributed by atoms with Gasteiger partial charge in [0.05, 0.1) is 26.5 Å². The first-order chi connectivity index (χ1) is 7.54. The molecule has 3 nitrogen and oxygen atoms in total. The summed E-state index contributed by atoms with van der Waals surface area (Å²) in [6, 6.07) is 3.54. The molecular weight excluding hydrogens is 360 g/mol. The number of ether oxygens (including phenoxy) is 1. The van der Waals surface area contributed by atoms with Crippen molar-refractivity contribution < 1.29 is 14.3 Å². The zero-order valence-corrected chi connectivity index (χ0v) is 12.5. The van der Waals surface area contributed by atoms with Crippen LogP contribution in [0.4, 0.5) is 0 Å². The fraction of sp³-hybridized carbons (Fsp3) is 0.400. The molecule has 88 valence electrons. The Morgan fingerprint density at radius 2 is 2.19 bits per heavy atom. The molecule has 0 saturated carbocycles. The number of halogens is 2. The van der Waals surface area contributed by atoms with Gasteiger partial charge in [-0.3, -0.25) is 9.59 Å². The van der Waals surface area contributed by atoms with Crippen molar-refractivity contribution in [2.24, 2.45) is 0 Å². The molecule has 0 spiro atoms. The number of carbonyl (C=O) groups is 2. The Bertz CT molecular complexity index is 389. The predicted molar refractivity (Wildman–Crippen MR) is 70.3 cm³/mol. The number of alkyl halides is 1. The van der Waals surface area contributed by atoms with E-state index in [0.29, 0.717) is 11.5 Å². The van der Waals surface area contributed by atoms with Gasteiger partial charge in [0.2, 0.25) is 0 Å². The van der Waals surface area contributed by atoms with Crippen LogP contribution in [-0.2, 0) is 9.53 Å². The standard InChI is InChI=1S/C10H10Br2O3S/c1-2-15-9(13)5-6(11)10(14)7-3-4-8(12)16-7/h3-4,6H,2,5H2,1H3. The van der Waals surface area contributed by atoms with Crippen molar-refractivity contribution in [1.82, 2.24) is 0 Å². The molecule has 0 saturated heterocycles. The molecule has 1 heterocycles. The molecule has 0 fully saturated rings. The summed E-state index contributed by atoms with van der Waals surface area (Å²) in [4.78, 5) is 23.1. The van der Waals surface area contributed by atoms with Gasteiger partial charge in [0.1, 0.15) is 0 Å². The van der Waals surface area contributed by atoms with E-state index in [-0.39, 0.29) is 18.2 Å². The number of hydrogen-bond donors (Lipinski definition) is 0. The van der Waals surface area contributed by atoms with Crippen LogP contribution in [0.3, 0.4) is 0 Å². The van der Waals surface area contributed by atoms with Gasteiger partial charge in [-0.15, -0.1) is 11.3 Å². The van der Waals surface area contributed by atoms with Crippen molar-refractivity contribution >= 4 is 54.9 Å². The number of Topliss-reactive ketones (excluding diaryl/α,β-unsaturated/α-hetero) is 1. The van der Waals surface area contributed by atoms with Crippen LogP contribution in [-0.4, -0.2) is 23.2 Å². The highest BCUT2D eigenvalue weighted by atomic mass is 79.9. The van der Waals surface area contributed by atoms with E-state index >= 15 is 0 Å². The lowest BCUT2D eigenvalue weighted by atomic mass is 10.2. The van der Waals surface area contributed by atoms with Crippen molar-refractivity contribution in [3.63, 3.8) is 0 Å². The van der Waals surface area contributed by atoms with Crippen molar-refractivity contribution in [1.29, 1.82) is 0 Å². The van der Waals surface area contributed by atoms with Gasteiger partial charge < -0.3 is 4.74 Å². The maximum atomic E-state index is 11.8. The highest BCUT2D eigenvalue weighted by molar-refractivity contribution is 9.11. The lowest BCUT2D eigenvalue weighted by molar-refractivity contribution is -0.142. The smallest absolute Gasteiger partial charge is 0.307 e. The van der Waals surface area contributed by atoms with E-state index in [2.05, 4.69) is 31.9 Å². The molecule has 1 atom stereocenters. The molecule has 1 aromatic heterocycles. The van der Waals surface area contributed by atoms with Gasteiger partial charge in [-0.05, 0) is 35.0 Å². The van der Waals surface area contributed by atoms with Crippen LogP contribution >= 0.6 is 43.2 Å². The monoisotopic (exact) mass is 368 g/mol. The zero-order valence-electron chi connectivity index (χ0n) is 8.54. The van der Waals surface area contributed by atoms with Crippen LogP contribution < -0.4 is 0 Å². The SMILES string of the molecule is CCOC(=O)CC(Br)C(=O)c1ccc(Br)s1. The summed E-state index contributed by atoms with van der Waals surface area (Å²) in [6.45, 7) is 2.07. The summed E-state index contributed by atoms with van der Waals surface area (Å²) in [7, 11) is 0. The molecule has 6 heteroatoms. The van der Waals surface area contributed by atoms with E-state index in [1.54, 1.807) is 13.0 Å². The normalized spacial score (nSPS) is 12.2. The predicted octanol–water partition coefficient (Wildman–Crippen LogP) is 3.41. The van der Waals surface area contributed by atoms with E-state index in [1.165, 1.54) is 11.3 Å². The minimum Gasteiger partial charge on any atom is -0.466 e. The summed E-state index contributed by atoms with van der Waals surface area (Å²) in [5, 5.41) is 0. The quantitative estimate of drug-likeness (QED) is 0.453. The molecular formula is C10H10Br2O3S. The molecule has 1 unspecified atom stereocenters. The number of ketones is 1. The first-order valence-electron chi connectivity index (χ1n) is 4.63. The first kappa shape index (κ1) is 13.9. The van der Waals surface area contributed by atoms with E-state index in [0.717, 1.165) is 3.79 Å². The van der Waals surface area contributed by atoms with E-state index < -0.39 is 4.83 Å². The second-order valence-corrected chi connectivity index (χ2v) is 6.51. The minimum absolute atomic E-state index is 0.0577. The summed E-state index contributed by atoms with van der Waals surface area (Å²) in [5.41, 5.74) is 0. The van der Waals surface area contributed by atoms with Gasteiger partial charge in [0, 0.05) is 0 Å². The van der Waals surface area contributed by atoms with Crippen LogP contribution in [0.1, 0.15) is 23.0 Å². The fourth-order valence-electron chi connectivity index (χ4n) is 1.06. The van der Waals surface area contributed by atoms with Crippen molar-refractivity contribution in [2.45, 2.75) is 18.2 Å². The largest absolute Gasteiger partial charge is 0.466 e. The Kier molecular flexibility index (Phi) is 5.64. The third-order valence-electron chi connectivity index (χ3n) is 1.75. The average Bonchev–Trinajstić information content (AvgIpc) is 2.64. The molecule has 0 radical (unpaired) electrons. The summed E-state index contributed by atoms with van der Waals surface area (Å²) >= 11 is 7.84. The number of hydrogen-bond acceptors (Lipinski definition) is 4. The molecule has 1 aromatic rings. The van der Waals surface area contributed by atoms with Crippen molar-refractivity contribution in [3.05, 3.63) is 20.8 Å². The Morgan fingerprint density at radius 3 is 2.69 bits per heavy atom. The summed E-state index contributed by atoms with van der Waals surface area (Å²) in [5.74, 6) is -0.461. The number of carbonyl (C=O) groups excluding carboxylic acids is 2. The molecule has 0 bridgehead atoms. The summed E-state index contributed by atoms with van der Waals surface area (Å²) < 4.78 is 5.67. The summed E-state index contributed by atoms with van der Waals surface area (Å²) in [6.07, 6.45) is 0.0577. The van der Waals surface area contributed by atoms with Gasteiger partial charge in [0.25, 0.3) is 0 Å². The van der Waals surface area contributed by atoms with Gasteiger partial charge in [0.15, 0.2) is 5.78 Å². The Hall–Kier alpha value is -0.200. The maximum absolute atomic E-state index is 11.8. The number of esters is 1. The third kappa shape index (κ3) is 3.99. The van der Waals surface area contributed by atoms with Gasteiger partial charge in [-0.1, -0.05) is 15.9 Å². The fourth-order valence-corrected chi connectivity index (χ4v) is 3.10. The van der Waals surface area contributed by atoms with E-state index in [4.69, 9.17) is 4.74 Å². The number of thiophene rings is 1. The maximum Gasteiger partial charge on any atom is 0.307 e. The highest BCUT2D eigenvalue weighted by Gasteiger charge is 2.22. The lowest BCUT2D eigenvalue weighted by Gasteiger charge is -2.06. The van der Waals surface area contributed by atoms with Crippen LogP contribution in [0.2, 0.25) is 0 Å². The van der Waals surface area contributed by atoms with Gasteiger partial charge in [-0.25, -0.2) is 0 Å². The van der Waals surface area contributed by atoms with Crippen molar-refractivity contribution in [2.75, 3.05) is 6.61 Å². The van der Waals surface area contributed by atoms with E-state index in [1.807, 2.05) is 6.07 Å². The topological polar surface area (TPSA) is 43.4 Å². The Morgan fingerprint density at radius 1 is 1.50 bits per heavy atom. The van der Waals surface area contributed by atoms with Gasteiger partial charge in [-0.2, -0.15) is 0 Å². The molecule has 0 aliphatic rings. The van der Waals surface area contributed by atoms with Crippen LogP contribution in [0.15, 0.2) is 15.9 Å². The number of rotatable bonds is 5. The van der Waals surface area contributed by atoms with Crippen LogP contribution in [0.5, 0.6) is 0 Å². The second kappa shape index (κ2) is 6.51. The third-order valence-corrected chi connectivity index (χ3v) is 4.13. The lowest BCUT2D eigenvalue weighted by Crippen LogP contribution is -2.19. The van der Waals surface area contributed by atoms with Crippen LogP contribution in [0, 0.1) is 0 Å². The Balaban J connectivity index is 2.57. The molecule has 0 aliphatic carbocycles. The Labute approximate surface area is 114 Å². The van der Waals surface area contributed by atoms with Crippen molar-refractivity contribution in [3.8, 4) is 0 Å². The molecule has 0 aromatic carbocycles. The van der Waals surface area contributed by atoms with E-state index in [9.17, 15) is 9.59 Å². The first-order valence-corrected chi connectivity index (χ1v) is 7.16. The molecule has 0 amide bonds. The molecule has 0 N–H and O–H groups in total. The molecule has 16 heavy (non-hydrogen) atoms. The second-order valence-electron chi connectivity index (χ2n) is 2.94. The molecule has 1 rings (SSSR count). The van der Waals surface area contributed by atoms with Crippen LogP contribution in [0.25, 0.3) is 0 Å². The molecule has 0 aliphatic heterocycles.